The molecule has 0 atom stereocenters. The maximum atomic E-state index is 11.7. The van der Waals surface area contributed by atoms with Gasteiger partial charge in [0.2, 0.25) is 0 Å². The van der Waals surface area contributed by atoms with Gasteiger partial charge in [0, 0.05) is 6.07 Å². The molecule has 1 N–H and O–H groups in total. The third-order valence-electron chi connectivity index (χ3n) is 0.892. The Bertz CT molecular complexity index is 298. The second-order valence-electron chi connectivity index (χ2n) is 1.64. The van der Waals surface area contributed by atoms with Crippen LogP contribution in [0.4, 0.5) is 4.39 Å². The van der Waals surface area contributed by atoms with E-state index in [0.717, 1.165) is 6.07 Å². The molecule has 0 amide bonds. The highest BCUT2D eigenvalue weighted by atomic mass is 19.1. The normalized spacial score (nSPS) is 9.70. The average molecular weight is 145 g/mol. The van der Waals surface area contributed by atoms with Gasteiger partial charge in [-0.3, -0.25) is 4.98 Å². The predicted octanol–water partition coefficient (Wildman–Crippen LogP) is -0.202. The molecule has 0 saturated carbocycles. The zero-order valence-electron chi connectivity index (χ0n) is 4.89. The highest BCUT2D eigenvalue weighted by molar-refractivity contribution is 4.93. The monoisotopic (exact) mass is 145 g/mol. The standard InChI is InChI=1S/C5H4FNO3/c6-2-3-1-4(8)10-5(9)7-3/h1H,2H2,(H,7,9). The number of aromatic nitrogens is 1. The van der Waals surface area contributed by atoms with Gasteiger partial charge in [0.1, 0.15) is 6.67 Å². The van der Waals surface area contributed by atoms with Crippen molar-refractivity contribution in [2.24, 2.45) is 0 Å². The zero-order chi connectivity index (χ0) is 7.56. The summed E-state index contributed by atoms with van der Waals surface area (Å²) >= 11 is 0. The summed E-state index contributed by atoms with van der Waals surface area (Å²) in [4.78, 5) is 22.6. The minimum absolute atomic E-state index is 0.0683. The van der Waals surface area contributed by atoms with Crippen molar-refractivity contribution in [2.45, 2.75) is 6.67 Å². The molecule has 1 rings (SSSR count). The summed E-state index contributed by atoms with van der Waals surface area (Å²) in [6, 6.07) is 0.890. The number of hydrogen-bond donors (Lipinski definition) is 1. The number of hydrogen-bond acceptors (Lipinski definition) is 3. The quantitative estimate of drug-likeness (QED) is 0.595. The lowest BCUT2D eigenvalue weighted by Gasteiger charge is -1.87. The zero-order valence-corrected chi connectivity index (χ0v) is 4.89. The van der Waals surface area contributed by atoms with Crippen LogP contribution in [0.25, 0.3) is 0 Å². The highest BCUT2D eigenvalue weighted by Gasteiger charge is 1.95. The van der Waals surface area contributed by atoms with Gasteiger partial charge in [0.25, 0.3) is 0 Å². The van der Waals surface area contributed by atoms with Crippen LogP contribution >= 0.6 is 0 Å². The second kappa shape index (κ2) is 2.47. The van der Waals surface area contributed by atoms with Crippen LogP contribution in [0.1, 0.15) is 5.69 Å². The Morgan fingerprint density at radius 3 is 2.80 bits per heavy atom. The van der Waals surface area contributed by atoms with Gasteiger partial charge in [-0.2, -0.15) is 0 Å². The van der Waals surface area contributed by atoms with Crippen molar-refractivity contribution in [3.05, 3.63) is 32.7 Å². The van der Waals surface area contributed by atoms with Gasteiger partial charge in [-0.05, 0) is 0 Å². The van der Waals surface area contributed by atoms with Crippen molar-refractivity contribution in [1.29, 1.82) is 0 Å². The van der Waals surface area contributed by atoms with E-state index in [9.17, 15) is 14.0 Å². The number of nitrogens with one attached hydrogen (secondary N) is 1. The molecule has 4 nitrogen and oxygen atoms in total. The Kier molecular flexibility index (Phi) is 1.66. The predicted molar refractivity (Wildman–Crippen MR) is 30.4 cm³/mol. The Balaban J connectivity index is 3.33. The van der Waals surface area contributed by atoms with Crippen LogP contribution in [0.2, 0.25) is 0 Å². The fourth-order valence-electron chi connectivity index (χ4n) is 0.528. The minimum atomic E-state index is -0.930. The largest absolute Gasteiger partial charge is 0.419 e. The SMILES string of the molecule is O=c1cc(CF)[nH]c(=O)o1. The van der Waals surface area contributed by atoms with E-state index in [-0.39, 0.29) is 5.69 Å². The van der Waals surface area contributed by atoms with E-state index in [0.29, 0.717) is 0 Å². The van der Waals surface area contributed by atoms with Crippen LogP contribution in [0.3, 0.4) is 0 Å². The third-order valence-corrected chi connectivity index (χ3v) is 0.892. The van der Waals surface area contributed by atoms with Crippen LogP contribution in [-0.2, 0) is 6.67 Å². The summed E-state index contributed by atoms with van der Waals surface area (Å²) in [5, 5.41) is 0. The summed E-state index contributed by atoms with van der Waals surface area (Å²) in [7, 11) is 0. The Hall–Kier alpha value is -1.39. The maximum Gasteiger partial charge on any atom is 0.419 e. The molecular formula is C5H4FNO3. The van der Waals surface area contributed by atoms with E-state index >= 15 is 0 Å². The first-order valence-corrected chi connectivity index (χ1v) is 2.51. The van der Waals surface area contributed by atoms with Crippen molar-refractivity contribution in [1.82, 2.24) is 4.98 Å². The van der Waals surface area contributed by atoms with Crippen LogP contribution in [0.5, 0.6) is 0 Å². The molecule has 1 aromatic heterocycles. The highest BCUT2D eigenvalue weighted by Crippen LogP contribution is 1.86. The molecule has 10 heavy (non-hydrogen) atoms. The molecule has 1 heterocycles. The number of H-pyrrole nitrogens is 1. The molecule has 1 aromatic rings. The van der Waals surface area contributed by atoms with Crippen molar-refractivity contribution < 1.29 is 8.81 Å². The number of rotatable bonds is 1. The molecule has 0 aliphatic carbocycles. The smallest absolute Gasteiger partial charge is 0.373 e. The third kappa shape index (κ3) is 1.31. The molecule has 0 bridgehead atoms. The molecule has 0 saturated heterocycles. The summed E-state index contributed by atoms with van der Waals surface area (Å²) in [5.41, 5.74) is -0.905. The van der Waals surface area contributed by atoms with Crippen LogP contribution in [-0.4, -0.2) is 4.98 Å². The fourth-order valence-corrected chi connectivity index (χ4v) is 0.528. The van der Waals surface area contributed by atoms with Crippen LogP contribution in [0, 0.1) is 0 Å². The Morgan fingerprint density at radius 1 is 1.60 bits per heavy atom. The lowest BCUT2D eigenvalue weighted by Crippen LogP contribution is -2.15. The molecule has 0 radical (unpaired) electrons. The first kappa shape index (κ1) is 6.73. The minimum Gasteiger partial charge on any atom is -0.373 e. The topological polar surface area (TPSA) is 63.1 Å². The van der Waals surface area contributed by atoms with Crippen molar-refractivity contribution in [2.75, 3.05) is 0 Å². The molecule has 0 spiro atoms. The van der Waals surface area contributed by atoms with Gasteiger partial charge in [-0.25, -0.2) is 14.0 Å². The average Bonchev–Trinajstić information content (AvgIpc) is 1.85. The second-order valence-corrected chi connectivity index (χ2v) is 1.64. The first-order valence-electron chi connectivity index (χ1n) is 2.51. The van der Waals surface area contributed by atoms with Gasteiger partial charge >= 0.3 is 11.4 Å². The Labute approximate surface area is 54.3 Å². The molecule has 5 heteroatoms. The van der Waals surface area contributed by atoms with E-state index in [4.69, 9.17) is 0 Å². The lowest BCUT2D eigenvalue weighted by molar-refractivity contribution is 0.419. The summed E-state index contributed by atoms with van der Waals surface area (Å²) < 4.78 is 15.7. The van der Waals surface area contributed by atoms with E-state index in [1.54, 1.807) is 0 Å². The lowest BCUT2D eigenvalue weighted by atomic mass is 10.5. The van der Waals surface area contributed by atoms with E-state index in [2.05, 4.69) is 4.42 Å². The van der Waals surface area contributed by atoms with Gasteiger partial charge < -0.3 is 4.42 Å². The number of aromatic amines is 1. The summed E-state index contributed by atoms with van der Waals surface area (Å²) in [6.45, 7) is -0.874. The summed E-state index contributed by atoms with van der Waals surface area (Å²) in [5.74, 6) is -0.930. The molecule has 0 aromatic carbocycles. The van der Waals surface area contributed by atoms with E-state index in [1.165, 1.54) is 0 Å². The van der Waals surface area contributed by atoms with Gasteiger partial charge in [0.05, 0.1) is 5.69 Å². The van der Waals surface area contributed by atoms with E-state index < -0.39 is 18.1 Å². The molecule has 0 aliphatic heterocycles. The van der Waals surface area contributed by atoms with Gasteiger partial charge in [-0.15, -0.1) is 0 Å². The van der Waals surface area contributed by atoms with Crippen molar-refractivity contribution in [3.63, 3.8) is 0 Å². The van der Waals surface area contributed by atoms with Crippen LogP contribution in [0.15, 0.2) is 20.1 Å². The first-order chi connectivity index (χ1) is 4.72. The van der Waals surface area contributed by atoms with Gasteiger partial charge in [-0.1, -0.05) is 0 Å². The maximum absolute atomic E-state index is 11.7. The molecule has 54 valence electrons. The number of alkyl halides is 1. The fraction of sp³-hybridized carbons (Fsp3) is 0.200. The number of halogens is 1. The Morgan fingerprint density at radius 2 is 2.30 bits per heavy atom. The van der Waals surface area contributed by atoms with Crippen LogP contribution < -0.4 is 11.4 Å². The van der Waals surface area contributed by atoms with Crippen molar-refractivity contribution >= 4 is 0 Å². The summed E-state index contributed by atoms with van der Waals surface area (Å²) in [6.07, 6.45) is 0. The van der Waals surface area contributed by atoms with Crippen molar-refractivity contribution in [3.8, 4) is 0 Å². The van der Waals surface area contributed by atoms with Gasteiger partial charge in [0.15, 0.2) is 0 Å². The van der Waals surface area contributed by atoms with E-state index in [1.807, 2.05) is 4.98 Å². The molecule has 0 aliphatic rings. The molecule has 0 fully saturated rings. The molecule has 0 unspecified atom stereocenters. The molecular weight excluding hydrogens is 141 g/mol.